The third-order valence-electron chi connectivity index (χ3n) is 4.90. The van der Waals surface area contributed by atoms with Crippen molar-refractivity contribution >= 4 is 33.2 Å². The second-order valence-corrected chi connectivity index (χ2v) is 7.94. The molecule has 0 fully saturated rings. The van der Waals surface area contributed by atoms with Gasteiger partial charge in [0, 0.05) is 5.56 Å². The minimum absolute atomic E-state index is 0.0672. The number of carbonyl (C=O) groups excluding carboxylic acids is 1. The first kappa shape index (κ1) is 24.5. The zero-order chi connectivity index (χ0) is 25.5. The molecule has 0 bridgehead atoms. The smallest absolute Gasteiger partial charge is 0.433 e. The molecule has 4 aromatic rings. The third-order valence-corrected chi connectivity index (χ3v) is 5.63. The Bertz CT molecular complexity index is 1410. The number of methoxy groups -OCH3 is 1. The van der Waals surface area contributed by atoms with Crippen LogP contribution in [0, 0.1) is 0 Å². The van der Waals surface area contributed by atoms with Crippen molar-refractivity contribution in [2.75, 3.05) is 12.4 Å². The molecule has 13 heteroatoms. The van der Waals surface area contributed by atoms with E-state index in [4.69, 9.17) is 4.74 Å². The lowest BCUT2D eigenvalue weighted by atomic mass is 10.1. The highest BCUT2D eigenvalue weighted by Crippen LogP contribution is 2.37. The molecule has 2 heterocycles. The summed E-state index contributed by atoms with van der Waals surface area (Å²) in [6, 6.07) is 11.0. The Morgan fingerprint density at radius 1 is 1.00 bits per heavy atom. The summed E-state index contributed by atoms with van der Waals surface area (Å²) in [5.74, 6) is -0.673. The van der Waals surface area contributed by atoms with Gasteiger partial charge in [-0.1, -0.05) is 12.1 Å². The molecule has 0 aliphatic carbocycles. The highest BCUT2D eigenvalue weighted by atomic mass is 79.9. The lowest BCUT2D eigenvalue weighted by molar-refractivity contribution is -0.142. The zero-order valence-electron chi connectivity index (χ0n) is 17.5. The quantitative estimate of drug-likeness (QED) is 0.292. The van der Waals surface area contributed by atoms with Gasteiger partial charge in [-0.05, 0) is 58.4 Å². The van der Waals surface area contributed by atoms with Gasteiger partial charge in [-0.25, -0.2) is 9.50 Å². The van der Waals surface area contributed by atoms with Crippen molar-refractivity contribution in [3.8, 4) is 17.0 Å². The van der Waals surface area contributed by atoms with Crippen LogP contribution in [-0.4, -0.2) is 27.6 Å². The largest absolute Gasteiger partial charge is 0.497 e. The Morgan fingerprint density at radius 2 is 1.66 bits per heavy atom. The van der Waals surface area contributed by atoms with Crippen LogP contribution in [0.5, 0.6) is 5.75 Å². The fourth-order valence-electron chi connectivity index (χ4n) is 3.27. The van der Waals surface area contributed by atoms with Crippen LogP contribution in [0.15, 0.2) is 59.1 Å². The minimum atomic E-state index is -4.88. The Labute approximate surface area is 201 Å². The Balaban J connectivity index is 1.82. The van der Waals surface area contributed by atoms with Gasteiger partial charge < -0.3 is 10.1 Å². The van der Waals surface area contributed by atoms with E-state index in [-0.39, 0.29) is 15.8 Å². The minimum Gasteiger partial charge on any atom is -0.497 e. The normalized spacial score (nSPS) is 12.1. The summed E-state index contributed by atoms with van der Waals surface area (Å²) < 4.78 is 86.6. The summed E-state index contributed by atoms with van der Waals surface area (Å²) in [5, 5.41) is 5.77. The van der Waals surface area contributed by atoms with Crippen molar-refractivity contribution < 1.29 is 35.9 Å². The number of nitrogens with zero attached hydrogens (tertiary/aromatic N) is 3. The Morgan fingerprint density at radius 3 is 2.26 bits per heavy atom. The van der Waals surface area contributed by atoms with E-state index in [1.54, 1.807) is 0 Å². The van der Waals surface area contributed by atoms with Crippen LogP contribution in [-0.2, 0) is 12.4 Å². The molecule has 6 nitrogen and oxygen atoms in total. The van der Waals surface area contributed by atoms with Crippen molar-refractivity contribution in [1.29, 1.82) is 0 Å². The van der Waals surface area contributed by atoms with Gasteiger partial charge in [0.05, 0.1) is 28.5 Å². The molecule has 182 valence electrons. The zero-order valence-corrected chi connectivity index (χ0v) is 19.1. The van der Waals surface area contributed by atoms with Crippen LogP contribution in [0.4, 0.5) is 32.0 Å². The van der Waals surface area contributed by atoms with Crippen LogP contribution < -0.4 is 10.1 Å². The van der Waals surface area contributed by atoms with Crippen molar-refractivity contribution in [1.82, 2.24) is 14.6 Å². The molecule has 0 unspecified atom stereocenters. The van der Waals surface area contributed by atoms with Gasteiger partial charge in [0.2, 0.25) is 0 Å². The molecule has 2 aromatic carbocycles. The van der Waals surface area contributed by atoms with Crippen molar-refractivity contribution in [2.45, 2.75) is 12.4 Å². The molecule has 4 rings (SSSR count). The van der Waals surface area contributed by atoms with Crippen molar-refractivity contribution in [3.63, 3.8) is 0 Å². The topological polar surface area (TPSA) is 68.5 Å². The number of para-hydroxylation sites is 1. The Hall–Kier alpha value is -3.61. The molecule has 1 N–H and O–H groups in total. The number of fused-ring (bicyclic) bond motifs is 1. The van der Waals surface area contributed by atoms with Gasteiger partial charge >= 0.3 is 12.4 Å². The van der Waals surface area contributed by atoms with Crippen LogP contribution in [0.2, 0.25) is 0 Å². The summed E-state index contributed by atoms with van der Waals surface area (Å²) in [7, 11) is 1.43. The van der Waals surface area contributed by atoms with Gasteiger partial charge in [0.1, 0.15) is 5.75 Å². The van der Waals surface area contributed by atoms with Crippen molar-refractivity contribution in [3.05, 3.63) is 76.0 Å². The SMILES string of the molecule is COc1ccc(-c2cc(C(F)(F)F)n3nc(C(=O)Nc4ccccc4C(F)(F)F)c(Br)c3n2)cc1. The second kappa shape index (κ2) is 8.87. The number of halogens is 7. The van der Waals surface area contributed by atoms with Gasteiger partial charge in [0.15, 0.2) is 17.0 Å². The van der Waals surface area contributed by atoms with Crippen LogP contribution in [0.3, 0.4) is 0 Å². The summed E-state index contributed by atoms with van der Waals surface area (Å²) in [6.07, 6.45) is -9.65. The molecule has 0 radical (unpaired) electrons. The number of benzene rings is 2. The number of anilines is 1. The predicted molar refractivity (Wildman–Crippen MR) is 117 cm³/mol. The fraction of sp³-hybridized carbons (Fsp3) is 0.136. The van der Waals surface area contributed by atoms with E-state index in [0.717, 1.165) is 24.3 Å². The van der Waals surface area contributed by atoms with E-state index < -0.39 is 40.9 Å². The number of aromatic nitrogens is 3. The maximum absolute atomic E-state index is 13.9. The number of nitrogens with one attached hydrogen (secondary N) is 1. The van der Waals surface area contributed by atoms with Crippen molar-refractivity contribution in [2.24, 2.45) is 0 Å². The lowest BCUT2D eigenvalue weighted by Gasteiger charge is -2.12. The molecular weight excluding hydrogens is 546 g/mol. The van der Waals surface area contributed by atoms with E-state index in [9.17, 15) is 31.1 Å². The maximum atomic E-state index is 13.9. The van der Waals surface area contributed by atoms with Gasteiger partial charge in [-0.2, -0.15) is 31.4 Å². The Kier molecular flexibility index (Phi) is 6.21. The number of hydrogen-bond acceptors (Lipinski definition) is 4. The van der Waals surface area contributed by atoms with Gasteiger partial charge in [0.25, 0.3) is 5.91 Å². The molecule has 0 spiro atoms. The van der Waals surface area contributed by atoms with E-state index in [1.165, 1.54) is 37.4 Å². The second-order valence-electron chi connectivity index (χ2n) is 7.15. The molecule has 0 atom stereocenters. The standard InChI is InChI=1S/C22H13BrF6N4O2/c1-35-12-8-6-11(7-9-12)15-10-16(22(27,28)29)33-19(30-15)17(23)18(32-33)20(34)31-14-5-3-2-4-13(14)21(24,25)26/h2-10H,1H3,(H,31,34). The highest BCUT2D eigenvalue weighted by molar-refractivity contribution is 9.10. The van der Waals surface area contributed by atoms with Gasteiger partial charge in [-0.15, -0.1) is 0 Å². The molecular formula is C22H13BrF6N4O2. The number of amides is 1. The first-order valence-electron chi connectivity index (χ1n) is 9.68. The number of carbonyl (C=O) groups is 1. The fourth-order valence-corrected chi connectivity index (χ4v) is 3.79. The molecule has 0 saturated heterocycles. The number of rotatable bonds is 4. The summed E-state index contributed by atoms with van der Waals surface area (Å²) >= 11 is 3.04. The summed E-state index contributed by atoms with van der Waals surface area (Å²) in [4.78, 5) is 17.0. The monoisotopic (exact) mass is 558 g/mol. The van der Waals surface area contributed by atoms with Crippen LogP contribution >= 0.6 is 15.9 Å². The van der Waals surface area contributed by atoms with Crippen LogP contribution in [0.25, 0.3) is 16.9 Å². The molecule has 2 aromatic heterocycles. The molecule has 0 aliphatic heterocycles. The molecule has 1 amide bonds. The van der Waals surface area contributed by atoms with E-state index in [2.05, 4.69) is 31.3 Å². The lowest BCUT2D eigenvalue weighted by Crippen LogP contribution is -2.18. The highest BCUT2D eigenvalue weighted by Gasteiger charge is 2.37. The molecule has 0 saturated carbocycles. The molecule has 0 aliphatic rings. The maximum Gasteiger partial charge on any atom is 0.433 e. The average Bonchev–Trinajstić information content (AvgIpc) is 3.14. The van der Waals surface area contributed by atoms with Gasteiger partial charge in [-0.3, -0.25) is 4.79 Å². The van der Waals surface area contributed by atoms with E-state index in [1.807, 2.05) is 0 Å². The first-order chi connectivity index (χ1) is 16.4. The number of alkyl halides is 6. The first-order valence-corrected chi connectivity index (χ1v) is 10.5. The third kappa shape index (κ3) is 4.81. The molecule has 35 heavy (non-hydrogen) atoms. The number of hydrogen-bond donors (Lipinski definition) is 1. The van der Waals surface area contributed by atoms with E-state index >= 15 is 0 Å². The van der Waals surface area contributed by atoms with E-state index in [0.29, 0.717) is 15.8 Å². The summed E-state index contributed by atoms with van der Waals surface area (Å²) in [5.41, 5.74) is -3.59. The van der Waals surface area contributed by atoms with Crippen LogP contribution in [0.1, 0.15) is 21.7 Å². The number of ether oxygens (including phenoxy) is 1. The summed E-state index contributed by atoms with van der Waals surface area (Å²) in [6.45, 7) is 0. The predicted octanol–water partition coefficient (Wildman–Crippen LogP) is 6.46. The average molecular weight is 559 g/mol.